The van der Waals surface area contributed by atoms with Crippen molar-refractivity contribution in [3.63, 3.8) is 0 Å². The number of anilines is 1. The summed E-state index contributed by atoms with van der Waals surface area (Å²) in [6.45, 7) is 3.44. The van der Waals surface area contributed by atoms with Gasteiger partial charge in [0.15, 0.2) is 17.6 Å². The smallest absolute Gasteiger partial charge is 0.265 e. The third-order valence-corrected chi connectivity index (χ3v) is 7.39. The van der Waals surface area contributed by atoms with E-state index in [0.717, 1.165) is 9.87 Å². The lowest BCUT2D eigenvalue weighted by molar-refractivity contribution is -0.123. The van der Waals surface area contributed by atoms with Crippen molar-refractivity contribution in [1.29, 1.82) is 0 Å². The Bertz CT molecular complexity index is 1210. The van der Waals surface area contributed by atoms with Gasteiger partial charge in [0, 0.05) is 19.7 Å². The zero-order valence-electron chi connectivity index (χ0n) is 18.5. The van der Waals surface area contributed by atoms with Crippen LogP contribution in [0.25, 0.3) is 0 Å². The lowest BCUT2D eigenvalue weighted by Gasteiger charge is -2.27. The van der Waals surface area contributed by atoms with Crippen LogP contribution in [0.5, 0.6) is 17.2 Å². The average molecular weight is 476 g/mol. The van der Waals surface area contributed by atoms with Crippen LogP contribution in [0, 0.1) is 6.92 Å². The topological polar surface area (TPSA) is 123 Å². The first-order valence-corrected chi connectivity index (χ1v) is 11.9. The summed E-state index contributed by atoms with van der Waals surface area (Å²) in [5, 5.41) is 5.45. The standard InChI is InChI=1S/C22H25N3O7S/c1-4-16-22(27)24-15-7-13(2)20(9-18(15)32-16)33(28,29)25(3)11-21(26)23-10-14-5-6-17-19(8-14)31-12-30-17/h5-9,16H,4,10-12H2,1-3H3,(H,23,26)(H,24,27)/t16-/m0/s1. The fourth-order valence-electron chi connectivity index (χ4n) is 3.59. The molecule has 2 N–H and O–H groups in total. The quantitative estimate of drug-likeness (QED) is 0.626. The zero-order chi connectivity index (χ0) is 23.8. The van der Waals surface area contributed by atoms with E-state index in [0.29, 0.717) is 29.2 Å². The van der Waals surface area contributed by atoms with Crippen molar-refractivity contribution in [1.82, 2.24) is 9.62 Å². The van der Waals surface area contributed by atoms with Gasteiger partial charge < -0.3 is 24.8 Å². The van der Waals surface area contributed by atoms with Gasteiger partial charge in [-0.1, -0.05) is 13.0 Å². The van der Waals surface area contributed by atoms with Gasteiger partial charge in [0.25, 0.3) is 5.91 Å². The van der Waals surface area contributed by atoms with E-state index in [1.54, 1.807) is 38.1 Å². The highest BCUT2D eigenvalue weighted by molar-refractivity contribution is 7.89. The number of likely N-dealkylation sites (N-methyl/N-ethyl adjacent to an activating group) is 1. The van der Waals surface area contributed by atoms with Crippen LogP contribution >= 0.6 is 0 Å². The van der Waals surface area contributed by atoms with Gasteiger partial charge in [-0.3, -0.25) is 9.59 Å². The number of carbonyl (C=O) groups excluding carboxylic acids is 2. The first kappa shape index (κ1) is 22.9. The average Bonchev–Trinajstić information content (AvgIpc) is 3.24. The molecule has 33 heavy (non-hydrogen) atoms. The number of sulfonamides is 1. The highest BCUT2D eigenvalue weighted by Gasteiger charge is 2.31. The maximum Gasteiger partial charge on any atom is 0.265 e. The van der Waals surface area contributed by atoms with Crippen LogP contribution in [0.15, 0.2) is 35.2 Å². The van der Waals surface area contributed by atoms with Gasteiger partial charge in [-0.15, -0.1) is 0 Å². The molecule has 2 aliphatic heterocycles. The fraction of sp³-hybridized carbons (Fsp3) is 0.364. The monoisotopic (exact) mass is 475 g/mol. The van der Waals surface area contributed by atoms with Gasteiger partial charge in [0.2, 0.25) is 22.7 Å². The van der Waals surface area contributed by atoms with E-state index in [9.17, 15) is 18.0 Å². The number of nitrogens with one attached hydrogen (secondary N) is 2. The van der Waals surface area contributed by atoms with Crippen molar-refractivity contribution in [2.45, 2.75) is 37.8 Å². The Morgan fingerprint density at radius 2 is 1.94 bits per heavy atom. The Labute approximate surface area is 191 Å². The highest BCUT2D eigenvalue weighted by Crippen LogP contribution is 2.36. The van der Waals surface area contributed by atoms with Crippen LogP contribution in [-0.4, -0.2) is 51.0 Å². The van der Waals surface area contributed by atoms with Crippen LogP contribution in [0.3, 0.4) is 0 Å². The molecule has 0 saturated heterocycles. The van der Waals surface area contributed by atoms with Crippen molar-refractivity contribution in [2.24, 2.45) is 0 Å². The van der Waals surface area contributed by atoms with Crippen molar-refractivity contribution < 1.29 is 32.2 Å². The highest BCUT2D eigenvalue weighted by atomic mass is 32.2. The van der Waals surface area contributed by atoms with E-state index in [4.69, 9.17) is 14.2 Å². The summed E-state index contributed by atoms with van der Waals surface area (Å²) in [4.78, 5) is 24.5. The molecule has 0 saturated carbocycles. The summed E-state index contributed by atoms with van der Waals surface area (Å²) in [6.07, 6.45) is -0.236. The van der Waals surface area contributed by atoms with Crippen molar-refractivity contribution in [3.8, 4) is 17.2 Å². The lowest BCUT2D eigenvalue weighted by atomic mass is 10.1. The second kappa shape index (κ2) is 8.91. The molecule has 11 heteroatoms. The van der Waals surface area contributed by atoms with E-state index in [-0.39, 0.29) is 36.4 Å². The lowest BCUT2D eigenvalue weighted by Crippen LogP contribution is -2.39. The van der Waals surface area contributed by atoms with Gasteiger partial charge in [-0.05, 0) is 42.7 Å². The van der Waals surface area contributed by atoms with E-state index in [1.807, 2.05) is 0 Å². The molecule has 0 aromatic heterocycles. The molecule has 176 valence electrons. The maximum atomic E-state index is 13.2. The van der Waals surface area contributed by atoms with Crippen LogP contribution < -0.4 is 24.8 Å². The largest absolute Gasteiger partial charge is 0.478 e. The number of fused-ring (bicyclic) bond motifs is 2. The van der Waals surface area contributed by atoms with Crippen molar-refractivity contribution in [2.75, 3.05) is 25.7 Å². The number of carbonyl (C=O) groups is 2. The molecule has 2 aromatic carbocycles. The second-order valence-electron chi connectivity index (χ2n) is 7.84. The van der Waals surface area contributed by atoms with Gasteiger partial charge in [-0.2, -0.15) is 4.31 Å². The molecule has 2 aliphatic rings. The number of ether oxygens (including phenoxy) is 3. The molecule has 0 fully saturated rings. The van der Waals surface area contributed by atoms with Crippen LogP contribution in [-0.2, 0) is 26.2 Å². The maximum absolute atomic E-state index is 13.2. The fourth-order valence-corrected chi connectivity index (χ4v) is 4.94. The Kier molecular flexibility index (Phi) is 6.17. The van der Waals surface area contributed by atoms with Crippen LogP contribution in [0.1, 0.15) is 24.5 Å². The minimum Gasteiger partial charge on any atom is -0.478 e. The Morgan fingerprint density at radius 1 is 1.18 bits per heavy atom. The third-order valence-electron chi connectivity index (χ3n) is 5.45. The summed E-state index contributed by atoms with van der Waals surface area (Å²) in [5.41, 5.74) is 1.65. The minimum absolute atomic E-state index is 0.0123. The Morgan fingerprint density at radius 3 is 2.70 bits per heavy atom. The molecule has 0 bridgehead atoms. The predicted octanol–water partition coefficient (Wildman–Crippen LogP) is 1.77. The molecule has 2 heterocycles. The zero-order valence-corrected chi connectivity index (χ0v) is 19.3. The Hall–Kier alpha value is -3.31. The van der Waals surface area contributed by atoms with Crippen LogP contribution in [0.4, 0.5) is 5.69 Å². The molecule has 0 spiro atoms. The van der Waals surface area contributed by atoms with Gasteiger partial charge in [0.05, 0.1) is 17.1 Å². The van der Waals surface area contributed by atoms with E-state index in [2.05, 4.69) is 10.6 Å². The predicted molar refractivity (Wildman–Crippen MR) is 119 cm³/mol. The molecule has 0 aliphatic carbocycles. The number of aryl methyl sites for hydroxylation is 1. The number of hydrogen-bond acceptors (Lipinski definition) is 7. The Balaban J connectivity index is 1.44. The normalized spacial score (nSPS) is 16.7. The molecular formula is C22H25N3O7S. The number of hydrogen-bond donors (Lipinski definition) is 2. The summed E-state index contributed by atoms with van der Waals surface area (Å²) in [6, 6.07) is 8.27. The first-order chi connectivity index (χ1) is 15.7. The molecule has 0 unspecified atom stereocenters. The van der Waals surface area contributed by atoms with E-state index < -0.39 is 22.0 Å². The third kappa shape index (κ3) is 4.60. The van der Waals surface area contributed by atoms with E-state index >= 15 is 0 Å². The van der Waals surface area contributed by atoms with Gasteiger partial charge in [0.1, 0.15) is 5.75 Å². The van der Waals surface area contributed by atoms with E-state index in [1.165, 1.54) is 13.1 Å². The summed E-state index contributed by atoms with van der Waals surface area (Å²) >= 11 is 0. The van der Waals surface area contributed by atoms with Gasteiger partial charge in [-0.25, -0.2) is 8.42 Å². The first-order valence-electron chi connectivity index (χ1n) is 10.4. The summed E-state index contributed by atoms with van der Waals surface area (Å²) in [5.74, 6) is 0.810. The van der Waals surface area contributed by atoms with Crippen molar-refractivity contribution >= 4 is 27.5 Å². The minimum atomic E-state index is -3.98. The molecule has 10 nitrogen and oxygen atoms in total. The number of rotatable bonds is 7. The molecule has 2 aromatic rings. The number of nitrogens with zero attached hydrogens (tertiary/aromatic N) is 1. The molecule has 4 rings (SSSR count). The van der Waals surface area contributed by atoms with Crippen LogP contribution in [0.2, 0.25) is 0 Å². The number of amides is 2. The second-order valence-corrected chi connectivity index (χ2v) is 9.86. The van der Waals surface area contributed by atoms with Gasteiger partial charge >= 0.3 is 0 Å². The SMILES string of the molecule is CC[C@@H]1Oc2cc(S(=O)(=O)N(C)CC(=O)NCc3ccc4c(c3)OCO4)c(C)cc2NC1=O. The number of benzene rings is 2. The van der Waals surface area contributed by atoms with Crippen molar-refractivity contribution in [3.05, 3.63) is 41.5 Å². The summed E-state index contributed by atoms with van der Waals surface area (Å²) < 4.78 is 43.6. The molecule has 1 atom stereocenters. The summed E-state index contributed by atoms with van der Waals surface area (Å²) in [7, 11) is -2.64. The molecule has 2 amide bonds. The molecule has 0 radical (unpaired) electrons. The molecular weight excluding hydrogens is 450 g/mol.